The van der Waals surface area contributed by atoms with E-state index in [4.69, 9.17) is 16.6 Å². The zero-order valence-corrected chi connectivity index (χ0v) is 8.98. The summed E-state index contributed by atoms with van der Waals surface area (Å²) in [6, 6.07) is -0.612. The van der Waals surface area contributed by atoms with E-state index in [0.717, 1.165) is 19.4 Å². The summed E-state index contributed by atoms with van der Waals surface area (Å²) in [6.45, 7) is 1.49. The number of primary amides is 1. The van der Waals surface area contributed by atoms with Gasteiger partial charge in [-0.05, 0) is 31.2 Å². The lowest BCUT2D eigenvalue weighted by atomic mass is 9.97. The van der Waals surface area contributed by atoms with Crippen molar-refractivity contribution in [3.63, 3.8) is 0 Å². The number of carbonyl (C=O) groups excluding carboxylic acids is 1. The Kier molecular flexibility index (Phi) is 5.01. The van der Waals surface area contributed by atoms with Crippen molar-refractivity contribution >= 4 is 5.91 Å². The molecule has 0 bridgehead atoms. The first-order valence-electron chi connectivity index (χ1n) is 5.51. The highest BCUT2D eigenvalue weighted by Crippen LogP contribution is 2.30. The maximum absolute atomic E-state index is 10.7. The van der Waals surface area contributed by atoms with E-state index in [1.807, 2.05) is 0 Å². The van der Waals surface area contributed by atoms with Crippen LogP contribution in [0, 0.1) is 11.8 Å². The Balaban J connectivity index is 2.17. The quantitative estimate of drug-likeness (QED) is 0.447. The van der Waals surface area contributed by atoms with Gasteiger partial charge in [0.1, 0.15) is 0 Å². The molecule has 0 heterocycles. The normalized spacial score (nSPS) is 27.9. The first-order chi connectivity index (χ1) is 7.15. The molecule has 3 unspecified atom stereocenters. The minimum atomic E-state index is -0.612. The summed E-state index contributed by atoms with van der Waals surface area (Å²) in [4.78, 5) is 10.7. The molecule has 1 amide bonds. The zero-order valence-electron chi connectivity index (χ0n) is 8.98. The Morgan fingerprint density at radius 1 is 1.47 bits per heavy atom. The third-order valence-corrected chi connectivity index (χ3v) is 3.19. The highest BCUT2D eigenvalue weighted by atomic mass is 16.3. The van der Waals surface area contributed by atoms with Gasteiger partial charge in [0, 0.05) is 13.2 Å². The number of nitrogens with two attached hydrogens (primary N) is 2. The number of hydrogen-bond donors (Lipinski definition) is 4. The maximum atomic E-state index is 10.7. The number of carbonyl (C=O) groups is 1. The average Bonchev–Trinajstić information content (AvgIpc) is 2.65. The lowest BCUT2D eigenvalue weighted by Crippen LogP contribution is -2.45. The van der Waals surface area contributed by atoms with Gasteiger partial charge in [0.2, 0.25) is 5.91 Å². The number of rotatable bonds is 6. The van der Waals surface area contributed by atoms with Gasteiger partial charge >= 0.3 is 0 Å². The van der Waals surface area contributed by atoms with Crippen molar-refractivity contribution in [1.82, 2.24) is 5.32 Å². The molecule has 15 heavy (non-hydrogen) atoms. The van der Waals surface area contributed by atoms with Crippen LogP contribution in [-0.4, -0.2) is 36.8 Å². The van der Waals surface area contributed by atoms with Crippen LogP contribution in [0.5, 0.6) is 0 Å². The maximum Gasteiger partial charge on any atom is 0.235 e. The van der Waals surface area contributed by atoms with Crippen LogP contribution in [0.3, 0.4) is 0 Å². The second-order valence-electron chi connectivity index (χ2n) is 4.30. The molecule has 0 saturated heterocycles. The molecule has 0 aliphatic heterocycles. The molecular weight excluding hydrogens is 194 g/mol. The molecule has 1 saturated carbocycles. The molecule has 5 heteroatoms. The standard InChI is InChI=1S/C10H21N3O2/c11-9(10(12)15)5-13-4-7-2-1-3-8(7)6-14/h7-9,13-14H,1-6,11H2,(H2,12,15). The molecule has 6 N–H and O–H groups in total. The highest BCUT2D eigenvalue weighted by Gasteiger charge is 2.26. The predicted octanol–water partition coefficient (Wildman–Crippen LogP) is -1.20. The van der Waals surface area contributed by atoms with Crippen LogP contribution in [0.25, 0.3) is 0 Å². The SMILES string of the molecule is NC(=O)C(N)CNCC1CCCC1CO. The highest BCUT2D eigenvalue weighted by molar-refractivity contribution is 5.79. The summed E-state index contributed by atoms with van der Waals surface area (Å²) in [5.41, 5.74) is 10.5. The third-order valence-electron chi connectivity index (χ3n) is 3.19. The van der Waals surface area contributed by atoms with E-state index in [2.05, 4.69) is 5.32 Å². The van der Waals surface area contributed by atoms with Crippen molar-refractivity contribution in [1.29, 1.82) is 0 Å². The van der Waals surface area contributed by atoms with Crippen LogP contribution in [0.2, 0.25) is 0 Å². The smallest absolute Gasteiger partial charge is 0.235 e. The molecule has 0 aromatic carbocycles. The van der Waals surface area contributed by atoms with Crippen LogP contribution in [0.15, 0.2) is 0 Å². The van der Waals surface area contributed by atoms with E-state index in [1.54, 1.807) is 0 Å². The van der Waals surface area contributed by atoms with Crippen LogP contribution in [-0.2, 0) is 4.79 Å². The lowest BCUT2D eigenvalue weighted by Gasteiger charge is -2.18. The van der Waals surface area contributed by atoms with E-state index in [-0.39, 0.29) is 6.61 Å². The Morgan fingerprint density at radius 3 is 2.73 bits per heavy atom. The van der Waals surface area contributed by atoms with Gasteiger partial charge in [0.25, 0.3) is 0 Å². The molecule has 0 radical (unpaired) electrons. The van der Waals surface area contributed by atoms with Crippen molar-refractivity contribution in [2.45, 2.75) is 25.3 Å². The number of hydrogen-bond acceptors (Lipinski definition) is 4. The number of aliphatic hydroxyl groups excluding tert-OH is 1. The Labute approximate surface area is 90.2 Å². The molecule has 3 atom stereocenters. The van der Waals surface area contributed by atoms with Gasteiger partial charge in [-0.25, -0.2) is 0 Å². The first-order valence-corrected chi connectivity index (χ1v) is 5.51. The van der Waals surface area contributed by atoms with E-state index < -0.39 is 11.9 Å². The molecule has 5 nitrogen and oxygen atoms in total. The number of nitrogens with one attached hydrogen (secondary N) is 1. The van der Waals surface area contributed by atoms with Crippen molar-refractivity contribution < 1.29 is 9.90 Å². The summed E-state index contributed by atoms with van der Waals surface area (Å²) in [6.07, 6.45) is 3.42. The minimum absolute atomic E-state index is 0.258. The summed E-state index contributed by atoms with van der Waals surface area (Å²) in [5, 5.41) is 12.2. The second-order valence-corrected chi connectivity index (χ2v) is 4.30. The van der Waals surface area contributed by atoms with Gasteiger partial charge in [0.15, 0.2) is 0 Å². The fourth-order valence-corrected chi connectivity index (χ4v) is 2.15. The van der Waals surface area contributed by atoms with Crippen molar-refractivity contribution in [3.05, 3.63) is 0 Å². The molecule has 1 rings (SSSR count). The van der Waals surface area contributed by atoms with Gasteiger partial charge in [-0.3, -0.25) is 4.79 Å². The minimum Gasteiger partial charge on any atom is -0.396 e. The van der Waals surface area contributed by atoms with E-state index in [0.29, 0.717) is 18.4 Å². The van der Waals surface area contributed by atoms with Crippen molar-refractivity contribution in [3.8, 4) is 0 Å². The van der Waals surface area contributed by atoms with Crippen molar-refractivity contribution in [2.24, 2.45) is 23.3 Å². The molecule has 0 aromatic rings. The first kappa shape index (κ1) is 12.4. The average molecular weight is 215 g/mol. The van der Waals surface area contributed by atoms with Crippen LogP contribution in [0.4, 0.5) is 0 Å². The lowest BCUT2D eigenvalue weighted by molar-refractivity contribution is -0.119. The molecule has 1 fully saturated rings. The Hall–Kier alpha value is -0.650. The van der Waals surface area contributed by atoms with E-state index >= 15 is 0 Å². The van der Waals surface area contributed by atoms with Gasteiger partial charge in [0.05, 0.1) is 6.04 Å². The molecule has 1 aliphatic carbocycles. The number of amides is 1. The number of aliphatic hydroxyl groups is 1. The van der Waals surface area contributed by atoms with Gasteiger partial charge in [-0.15, -0.1) is 0 Å². The summed E-state index contributed by atoms with van der Waals surface area (Å²) in [7, 11) is 0. The topological polar surface area (TPSA) is 101 Å². The van der Waals surface area contributed by atoms with Gasteiger partial charge in [-0.2, -0.15) is 0 Å². The van der Waals surface area contributed by atoms with Gasteiger partial charge < -0.3 is 21.9 Å². The molecule has 0 spiro atoms. The predicted molar refractivity (Wildman–Crippen MR) is 58.0 cm³/mol. The Bertz CT molecular complexity index is 211. The largest absolute Gasteiger partial charge is 0.396 e. The Morgan fingerprint density at radius 2 is 2.13 bits per heavy atom. The molecule has 1 aliphatic rings. The fraction of sp³-hybridized carbons (Fsp3) is 0.900. The van der Waals surface area contributed by atoms with Crippen LogP contribution < -0.4 is 16.8 Å². The second kappa shape index (κ2) is 6.05. The van der Waals surface area contributed by atoms with Gasteiger partial charge in [-0.1, -0.05) is 6.42 Å². The summed E-state index contributed by atoms with van der Waals surface area (Å²) >= 11 is 0. The van der Waals surface area contributed by atoms with E-state index in [1.165, 1.54) is 6.42 Å². The van der Waals surface area contributed by atoms with Crippen LogP contribution >= 0.6 is 0 Å². The van der Waals surface area contributed by atoms with Crippen molar-refractivity contribution in [2.75, 3.05) is 19.7 Å². The molecule has 0 aromatic heterocycles. The third kappa shape index (κ3) is 3.77. The zero-order chi connectivity index (χ0) is 11.3. The summed E-state index contributed by atoms with van der Waals surface area (Å²) in [5.74, 6) is 0.435. The molecular formula is C10H21N3O2. The molecule has 88 valence electrons. The van der Waals surface area contributed by atoms with Crippen LogP contribution in [0.1, 0.15) is 19.3 Å². The monoisotopic (exact) mass is 215 g/mol. The summed E-state index contributed by atoms with van der Waals surface area (Å²) < 4.78 is 0. The van der Waals surface area contributed by atoms with E-state index in [9.17, 15) is 4.79 Å². The fourth-order valence-electron chi connectivity index (χ4n) is 2.15.